The van der Waals surface area contributed by atoms with E-state index in [1.54, 1.807) is 0 Å². The van der Waals surface area contributed by atoms with E-state index in [4.69, 9.17) is 0 Å². The summed E-state index contributed by atoms with van der Waals surface area (Å²) >= 11 is 0. The van der Waals surface area contributed by atoms with Gasteiger partial charge in [0.1, 0.15) is 0 Å². The van der Waals surface area contributed by atoms with Gasteiger partial charge in [0.05, 0.1) is 0 Å². The summed E-state index contributed by atoms with van der Waals surface area (Å²) in [6.07, 6.45) is 4.09. The van der Waals surface area contributed by atoms with Crippen molar-refractivity contribution in [2.45, 2.75) is 34.6 Å². The van der Waals surface area contributed by atoms with E-state index in [0.717, 1.165) is 11.4 Å². The van der Waals surface area contributed by atoms with Crippen LogP contribution in [0.1, 0.15) is 36.0 Å². The summed E-state index contributed by atoms with van der Waals surface area (Å²) in [7, 11) is 0. The molecule has 1 aromatic rings. The van der Waals surface area contributed by atoms with Crippen LogP contribution in [0.25, 0.3) is 0 Å². The van der Waals surface area contributed by atoms with E-state index < -0.39 is 0 Å². The number of allylic oxidation sites excluding steroid dienone is 2. The topological polar surface area (TPSA) is 12.0 Å². The molecule has 1 aromatic carbocycles. The zero-order valence-electron chi connectivity index (χ0n) is 12.4. The first-order valence-electron chi connectivity index (χ1n) is 6.79. The van der Waals surface area contributed by atoms with Gasteiger partial charge in [0.15, 0.2) is 0 Å². The van der Waals surface area contributed by atoms with Crippen molar-refractivity contribution in [3.8, 4) is 0 Å². The molecule has 0 amide bonds. The van der Waals surface area contributed by atoms with Crippen LogP contribution < -0.4 is 5.32 Å². The van der Waals surface area contributed by atoms with Gasteiger partial charge in [0.2, 0.25) is 0 Å². The second-order valence-corrected chi connectivity index (χ2v) is 4.42. The van der Waals surface area contributed by atoms with Crippen LogP contribution in [0.5, 0.6) is 0 Å². The lowest BCUT2D eigenvalue weighted by molar-refractivity contribution is 0.503. The van der Waals surface area contributed by atoms with Crippen molar-refractivity contribution in [2.24, 2.45) is 11.8 Å². The quantitative estimate of drug-likeness (QED) is 0.655. The lowest BCUT2D eigenvalue weighted by Crippen LogP contribution is -2.04. The molecule has 102 valence electrons. The summed E-state index contributed by atoms with van der Waals surface area (Å²) in [4.78, 5) is 0. The zero-order chi connectivity index (χ0) is 14.0. The number of nitrogens with one attached hydrogen (secondary N) is 1. The van der Waals surface area contributed by atoms with Crippen molar-refractivity contribution in [3.63, 3.8) is 0 Å². The first kappa shape index (κ1) is 16.5. The smallest absolute Gasteiger partial charge is 0.0384 e. The van der Waals surface area contributed by atoms with E-state index >= 15 is 0 Å². The minimum Gasteiger partial charge on any atom is -0.356 e. The molecule has 1 atom stereocenters. The average Bonchev–Trinajstić information content (AvgIpc) is 2.41. The molecule has 0 saturated carbocycles. The maximum atomic E-state index is 3.84. The number of anilines is 1. The van der Waals surface area contributed by atoms with Crippen LogP contribution in [0.4, 0.5) is 5.69 Å². The molecule has 1 heteroatoms. The van der Waals surface area contributed by atoms with Crippen molar-refractivity contribution in [1.29, 1.82) is 0 Å². The Morgan fingerprint density at radius 3 is 2.17 bits per heavy atom. The summed E-state index contributed by atoms with van der Waals surface area (Å²) in [6, 6.07) is 10.2. The molecule has 0 radical (unpaired) electrons. The third kappa shape index (κ3) is 6.29. The lowest BCUT2D eigenvalue weighted by Gasteiger charge is -2.14. The third-order valence-corrected chi connectivity index (χ3v) is 2.78. The van der Waals surface area contributed by atoms with Gasteiger partial charge in [-0.05, 0) is 30.0 Å². The summed E-state index contributed by atoms with van der Waals surface area (Å²) in [6.45, 7) is 14.5. The minimum atomic E-state index is 0. The Labute approximate surface area is 114 Å². The van der Waals surface area contributed by atoms with E-state index in [2.05, 4.69) is 50.9 Å². The predicted octanol–water partition coefficient (Wildman–Crippen LogP) is 5.73. The fraction of sp³-hybridized carbons (Fsp3) is 0.412. The molecule has 1 rings (SSSR count). The molecule has 0 fully saturated rings. The minimum absolute atomic E-state index is 0. The Morgan fingerprint density at radius 2 is 1.72 bits per heavy atom. The highest BCUT2D eigenvalue weighted by Crippen LogP contribution is 2.16. The molecule has 0 bridgehead atoms. The molecule has 0 aromatic heterocycles. The van der Waals surface area contributed by atoms with E-state index in [-0.39, 0.29) is 1.43 Å². The normalized spacial score (nSPS) is 12.4. The maximum Gasteiger partial charge on any atom is 0.0384 e. The van der Waals surface area contributed by atoms with Crippen LogP contribution in [-0.4, -0.2) is 0 Å². The van der Waals surface area contributed by atoms with Gasteiger partial charge < -0.3 is 5.32 Å². The molecule has 1 N–H and O–H groups in total. The number of hydrogen-bond donors (Lipinski definition) is 1. The summed E-state index contributed by atoms with van der Waals surface area (Å²) in [5.41, 5.74) is 2.18. The lowest BCUT2D eigenvalue weighted by atomic mass is 9.97. The van der Waals surface area contributed by atoms with Gasteiger partial charge >= 0.3 is 0 Å². The Morgan fingerprint density at radius 1 is 1.17 bits per heavy atom. The number of para-hydroxylation sites is 1. The Kier molecular flexibility index (Phi) is 8.73. The van der Waals surface area contributed by atoms with Crippen LogP contribution in [0.3, 0.4) is 0 Å². The SMILES string of the molecule is C=C/C(=C\C(C)C(C)C)Nc1ccccc1.CC.[HH]. The van der Waals surface area contributed by atoms with Crippen molar-refractivity contribution < 1.29 is 1.43 Å². The summed E-state index contributed by atoms with van der Waals surface area (Å²) < 4.78 is 0. The highest BCUT2D eigenvalue weighted by molar-refractivity contribution is 5.50. The molecule has 1 unspecified atom stereocenters. The largest absolute Gasteiger partial charge is 0.356 e. The molecule has 0 aliphatic heterocycles. The van der Waals surface area contributed by atoms with E-state index in [1.807, 2.05) is 38.1 Å². The number of hydrogen-bond acceptors (Lipinski definition) is 1. The van der Waals surface area contributed by atoms with E-state index in [0.29, 0.717) is 11.8 Å². The predicted molar refractivity (Wildman–Crippen MR) is 85.8 cm³/mol. The first-order valence-corrected chi connectivity index (χ1v) is 6.79. The van der Waals surface area contributed by atoms with Crippen molar-refractivity contribution in [2.75, 3.05) is 5.32 Å². The standard InChI is InChI=1S/C15H21N.C2H6.H2/c1-5-14(11-13(4)12(2)3)16-15-9-7-6-8-10-15;1-2;/h5-13,16H,1H2,2-4H3;1-2H3;1H/b14-11+;;. The van der Waals surface area contributed by atoms with Crippen LogP contribution in [0, 0.1) is 11.8 Å². The summed E-state index contributed by atoms with van der Waals surface area (Å²) in [5, 5.41) is 3.36. The molecule has 0 heterocycles. The molecule has 0 aliphatic rings. The monoisotopic (exact) mass is 247 g/mol. The molecule has 18 heavy (non-hydrogen) atoms. The highest BCUT2D eigenvalue weighted by Gasteiger charge is 2.04. The van der Waals surface area contributed by atoms with E-state index in [9.17, 15) is 0 Å². The van der Waals surface area contributed by atoms with Gasteiger partial charge in [-0.1, -0.05) is 65.5 Å². The highest BCUT2D eigenvalue weighted by atomic mass is 14.9. The Bertz CT molecular complexity index is 355. The van der Waals surface area contributed by atoms with Gasteiger partial charge in [-0.2, -0.15) is 0 Å². The van der Waals surface area contributed by atoms with Gasteiger partial charge in [0.25, 0.3) is 0 Å². The average molecular weight is 247 g/mol. The molecule has 0 aliphatic carbocycles. The summed E-state index contributed by atoms with van der Waals surface area (Å²) in [5.74, 6) is 1.19. The second kappa shape index (κ2) is 9.52. The first-order chi connectivity index (χ1) is 8.63. The Balaban J connectivity index is 0. The fourth-order valence-electron chi connectivity index (χ4n) is 1.32. The van der Waals surface area contributed by atoms with Crippen molar-refractivity contribution in [1.82, 2.24) is 0 Å². The molecular weight excluding hydrogens is 218 g/mol. The molecule has 0 saturated heterocycles. The second-order valence-electron chi connectivity index (χ2n) is 4.42. The molecule has 1 nitrogen and oxygen atoms in total. The maximum absolute atomic E-state index is 3.84. The van der Waals surface area contributed by atoms with Crippen LogP contribution in [-0.2, 0) is 0 Å². The molecule has 0 spiro atoms. The van der Waals surface area contributed by atoms with Crippen LogP contribution in [0.15, 0.2) is 54.8 Å². The van der Waals surface area contributed by atoms with Crippen LogP contribution in [0.2, 0.25) is 0 Å². The third-order valence-electron chi connectivity index (χ3n) is 2.78. The Hall–Kier alpha value is -1.50. The van der Waals surface area contributed by atoms with E-state index in [1.165, 1.54) is 0 Å². The van der Waals surface area contributed by atoms with Gasteiger partial charge in [-0.15, -0.1) is 0 Å². The van der Waals surface area contributed by atoms with Gasteiger partial charge in [-0.25, -0.2) is 0 Å². The van der Waals surface area contributed by atoms with Crippen LogP contribution >= 0.6 is 0 Å². The van der Waals surface area contributed by atoms with Crippen molar-refractivity contribution >= 4 is 5.69 Å². The zero-order valence-corrected chi connectivity index (χ0v) is 12.4. The number of benzene rings is 1. The van der Waals surface area contributed by atoms with Gasteiger partial charge in [-0.3, -0.25) is 0 Å². The number of rotatable bonds is 5. The molecular formula is C17H29N. The van der Waals surface area contributed by atoms with Gasteiger partial charge in [0, 0.05) is 12.8 Å². The van der Waals surface area contributed by atoms with Crippen molar-refractivity contribution in [3.05, 3.63) is 54.8 Å². The fourth-order valence-corrected chi connectivity index (χ4v) is 1.32.